The average Bonchev–Trinajstić information content (AvgIpc) is 2.27. The number of rotatable bonds is 4. The number of ether oxygens (including phenoxy) is 1. The molecule has 1 aromatic carbocycles. The lowest BCUT2D eigenvalue weighted by molar-refractivity contribution is -0.140. The van der Waals surface area contributed by atoms with Crippen LogP contribution in [0.1, 0.15) is 17.9 Å². The van der Waals surface area contributed by atoms with Crippen molar-refractivity contribution in [1.82, 2.24) is 0 Å². The zero-order chi connectivity index (χ0) is 11.3. The summed E-state index contributed by atoms with van der Waals surface area (Å²) in [5.41, 5.74) is 7.30. The zero-order valence-corrected chi connectivity index (χ0v) is 8.77. The molecular weight excluding hydrogens is 190 g/mol. The highest BCUT2D eigenvalue weighted by atomic mass is 16.5. The zero-order valence-electron chi connectivity index (χ0n) is 8.77. The van der Waals surface area contributed by atoms with Gasteiger partial charge in [0.05, 0.1) is 13.5 Å². The number of nitrogen functional groups attached to an aromatic ring is 1. The first-order valence-corrected chi connectivity index (χ1v) is 4.72. The average molecular weight is 205 g/mol. The molecule has 0 heterocycles. The fourth-order valence-electron chi connectivity index (χ4n) is 1.34. The Balaban J connectivity index is 2.78. The second-order valence-corrected chi connectivity index (χ2v) is 3.29. The highest BCUT2D eigenvalue weighted by Gasteiger charge is 2.12. The molecule has 0 aliphatic carbocycles. The maximum absolute atomic E-state index is 11.1. The van der Waals surface area contributed by atoms with Crippen LogP contribution in [0.5, 0.6) is 0 Å². The van der Waals surface area contributed by atoms with Gasteiger partial charge in [-0.2, -0.15) is 0 Å². The van der Waals surface area contributed by atoms with E-state index >= 15 is 0 Å². The van der Waals surface area contributed by atoms with Gasteiger partial charge in [-0.15, -0.1) is 6.58 Å². The molecule has 3 nitrogen and oxygen atoms in total. The van der Waals surface area contributed by atoms with Crippen LogP contribution >= 0.6 is 0 Å². The fourth-order valence-corrected chi connectivity index (χ4v) is 1.34. The number of carbonyl (C=O) groups excluding carboxylic acids is 1. The molecule has 0 spiro atoms. The van der Waals surface area contributed by atoms with E-state index in [-0.39, 0.29) is 11.9 Å². The van der Waals surface area contributed by atoms with Crippen molar-refractivity contribution in [3.05, 3.63) is 42.5 Å². The molecule has 1 atom stereocenters. The van der Waals surface area contributed by atoms with Gasteiger partial charge in [0.1, 0.15) is 0 Å². The van der Waals surface area contributed by atoms with E-state index in [2.05, 4.69) is 11.3 Å². The van der Waals surface area contributed by atoms with E-state index in [9.17, 15) is 4.79 Å². The van der Waals surface area contributed by atoms with Gasteiger partial charge in [-0.1, -0.05) is 18.2 Å². The normalized spacial score (nSPS) is 11.8. The van der Waals surface area contributed by atoms with Crippen molar-refractivity contribution in [2.45, 2.75) is 12.3 Å². The number of nitrogens with two attached hydrogens (primary N) is 1. The summed E-state index contributed by atoms with van der Waals surface area (Å²) in [4.78, 5) is 11.1. The molecule has 0 aliphatic rings. The van der Waals surface area contributed by atoms with E-state index in [1.165, 1.54) is 7.11 Å². The molecule has 0 fully saturated rings. The predicted octanol–water partition coefficient (Wildman–Crippen LogP) is 2.10. The van der Waals surface area contributed by atoms with E-state index in [1.54, 1.807) is 6.08 Å². The van der Waals surface area contributed by atoms with Gasteiger partial charge in [0.25, 0.3) is 0 Å². The Kier molecular flexibility index (Phi) is 3.92. The molecule has 0 aliphatic heterocycles. The first-order valence-electron chi connectivity index (χ1n) is 4.72. The highest BCUT2D eigenvalue weighted by molar-refractivity contribution is 5.70. The van der Waals surface area contributed by atoms with Crippen LogP contribution in [0.25, 0.3) is 0 Å². The molecule has 1 aromatic rings. The molecule has 0 saturated carbocycles. The summed E-state index contributed by atoms with van der Waals surface area (Å²) < 4.78 is 4.62. The standard InChI is InChI=1S/C12H15NO2/c1-3-9(8-12(14)15-2)10-4-6-11(13)7-5-10/h3-7,9H,1,8,13H2,2H3/t9-/m0/s1. The Labute approximate surface area is 89.5 Å². The maximum Gasteiger partial charge on any atom is 0.306 e. The molecule has 0 aromatic heterocycles. The van der Waals surface area contributed by atoms with Crippen molar-refractivity contribution in [3.8, 4) is 0 Å². The van der Waals surface area contributed by atoms with Crippen molar-refractivity contribution >= 4 is 11.7 Å². The minimum atomic E-state index is -0.239. The fraction of sp³-hybridized carbons (Fsp3) is 0.250. The molecule has 0 radical (unpaired) electrons. The Morgan fingerprint density at radius 3 is 2.60 bits per heavy atom. The van der Waals surface area contributed by atoms with Gasteiger partial charge in [-0.05, 0) is 17.7 Å². The molecule has 0 bridgehead atoms. The lowest BCUT2D eigenvalue weighted by Crippen LogP contribution is -2.06. The summed E-state index contributed by atoms with van der Waals surface area (Å²) in [6.07, 6.45) is 2.05. The number of hydrogen-bond acceptors (Lipinski definition) is 3. The van der Waals surface area contributed by atoms with Gasteiger partial charge < -0.3 is 10.5 Å². The van der Waals surface area contributed by atoms with Crippen molar-refractivity contribution in [2.75, 3.05) is 12.8 Å². The van der Waals surface area contributed by atoms with Crippen LogP contribution in [0.15, 0.2) is 36.9 Å². The van der Waals surface area contributed by atoms with E-state index in [1.807, 2.05) is 24.3 Å². The molecule has 0 amide bonds. The number of methoxy groups -OCH3 is 1. The number of carbonyl (C=O) groups is 1. The van der Waals surface area contributed by atoms with E-state index in [4.69, 9.17) is 5.73 Å². The van der Waals surface area contributed by atoms with Crippen LogP contribution in [0, 0.1) is 0 Å². The second kappa shape index (κ2) is 5.20. The van der Waals surface area contributed by atoms with Gasteiger partial charge in [0, 0.05) is 11.6 Å². The van der Waals surface area contributed by atoms with Crippen molar-refractivity contribution in [3.63, 3.8) is 0 Å². The summed E-state index contributed by atoms with van der Waals surface area (Å²) in [7, 11) is 1.38. The molecule has 1 rings (SSSR count). The van der Waals surface area contributed by atoms with Gasteiger partial charge in [-0.25, -0.2) is 0 Å². The Hall–Kier alpha value is -1.77. The maximum atomic E-state index is 11.1. The highest BCUT2D eigenvalue weighted by Crippen LogP contribution is 2.22. The second-order valence-electron chi connectivity index (χ2n) is 3.29. The van der Waals surface area contributed by atoms with Crippen LogP contribution in [0.4, 0.5) is 5.69 Å². The first-order chi connectivity index (χ1) is 7.17. The lowest BCUT2D eigenvalue weighted by Gasteiger charge is -2.11. The SMILES string of the molecule is C=C[C@@H](CC(=O)OC)c1ccc(N)cc1. The van der Waals surface area contributed by atoms with Crippen molar-refractivity contribution < 1.29 is 9.53 Å². The summed E-state index contributed by atoms with van der Waals surface area (Å²) >= 11 is 0. The van der Waals surface area contributed by atoms with Crippen LogP contribution in [-0.4, -0.2) is 13.1 Å². The molecule has 0 unspecified atom stereocenters. The van der Waals surface area contributed by atoms with Crippen molar-refractivity contribution in [1.29, 1.82) is 0 Å². The predicted molar refractivity (Wildman–Crippen MR) is 60.4 cm³/mol. The molecular formula is C12H15NO2. The Morgan fingerprint density at radius 2 is 2.13 bits per heavy atom. The number of anilines is 1. The summed E-state index contributed by atoms with van der Waals surface area (Å²) in [6.45, 7) is 3.71. The molecule has 3 heteroatoms. The minimum absolute atomic E-state index is 0.0157. The first kappa shape index (κ1) is 11.3. The summed E-state index contributed by atoms with van der Waals surface area (Å²) in [6, 6.07) is 7.40. The van der Waals surface area contributed by atoms with Gasteiger partial charge >= 0.3 is 5.97 Å². The molecule has 2 N–H and O–H groups in total. The monoisotopic (exact) mass is 205 g/mol. The van der Waals surface area contributed by atoms with E-state index in [0.29, 0.717) is 12.1 Å². The summed E-state index contributed by atoms with van der Waals surface area (Å²) in [5.74, 6) is -0.255. The van der Waals surface area contributed by atoms with Gasteiger partial charge in [-0.3, -0.25) is 4.79 Å². The third-order valence-electron chi connectivity index (χ3n) is 2.26. The molecule has 15 heavy (non-hydrogen) atoms. The van der Waals surface area contributed by atoms with Crippen LogP contribution < -0.4 is 5.73 Å². The number of esters is 1. The largest absolute Gasteiger partial charge is 0.469 e. The van der Waals surface area contributed by atoms with Crippen LogP contribution in [0.3, 0.4) is 0 Å². The third-order valence-corrected chi connectivity index (χ3v) is 2.26. The van der Waals surface area contributed by atoms with Crippen LogP contribution in [0.2, 0.25) is 0 Å². The van der Waals surface area contributed by atoms with Gasteiger partial charge in [0.2, 0.25) is 0 Å². The third kappa shape index (κ3) is 3.13. The minimum Gasteiger partial charge on any atom is -0.469 e. The topological polar surface area (TPSA) is 52.3 Å². The smallest absolute Gasteiger partial charge is 0.306 e. The van der Waals surface area contributed by atoms with Crippen LogP contribution in [-0.2, 0) is 9.53 Å². The molecule has 0 saturated heterocycles. The Bertz CT molecular complexity index is 343. The lowest BCUT2D eigenvalue weighted by atomic mass is 9.96. The Morgan fingerprint density at radius 1 is 1.53 bits per heavy atom. The molecule has 80 valence electrons. The quantitative estimate of drug-likeness (QED) is 0.465. The van der Waals surface area contributed by atoms with Gasteiger partial charge in [0.15, 0.2) is 0 Å². The van der Waals surface area contributed by atoms with Crippen molar-refractivity contribution in [2.24, 2.45) is 0 Å². The number of hydrogen-bond donors (Lipinski definition) is 1. The number of allylic oxidation sites excluding steroid dienone is 1. The van der Waals surface area contributed by atoms with E-state index < -0.39 is 0 Å². The van der Waals surface area contributed by atoms with E-state index in [0.717, 1.165) is 5.56 Å². The number of benzene rings is 1. The summed E-state index contributed by atoms with van der Waals surface area (Å²) in [5, 5.41) is 0.